The Morgan fingerprint density at radius 1 is 1.07 bits per heavy atom. The Hall–Kier alpha value is -1.20. The highest BCUT2D eigenvalue weighted by Gasteiger charge is 2.69. The van der Waals surface area contributed by atoms with Gasteiger partial charge in [0, 0.05) is 13.8 Å². The van der Waals surface area contributed by atoms with Gasteiger partial charge in [0.15, 0.2) is 0 Å². The van der Waals surface area contributed by atoms with Gasteiger partial charge in [0.25, 0.3) is 5.92 Å². The second-order valence-corrected chi connectivity index (χ2v) is 3.49. The van der Waals surface area contributed by atoms with Crippen LogP contribution < -0.4 is 0 Å². The molecule has 0 heterocycles. The number of alkyl halides is 2. The van der Waals surface area contributed by atoms with Gasteiger partial charge >= 0.3 is 11.9 Å². The van der Waals surface area contributed by atoms with E-state index in [2.05, 4.69) is 9.47 Å². The van der Waals surface area contributed by atoms with Crippen LogP contribution in [0.3, 0.4) is 0 Å². The summed E-state index contributed by atoms with van der Waals surface area (Å²) in [5.74, 6) is -6.14. The summed E-state index contributed by atoms with van der Waals surface area (Å²) in [5.41, 5.74) is 0. The van der Waals surface area contributed by atoms with Gasteiger partial charge in [-0.3, -0.25) is 9.59 Å². The van der Waals surface area contributed by atoms with Gasteiger partial charge in [0.05, 0.1) is 11.8 Å². The molecule has 4 nitrogen and oxygen atoms in total. The molecule has 0 aromatic rings. The third kappa shape index (κ3) is 2.87. The monoisotopic (exact) mass is 222 g/mol. The third-order valence-electron chi connectivity index (χ3n) is 2.30. The Balaban J connectivity index is 2.34. The molecular weight excluding hydrogens is 210 g/mol. The standard InChI is InChI=1S/C9H12F2O4/c1-5(12)14-3-7-8(9(7,10)11)4-15-6(2)13/h7-8H,3-4H2,1-2H3. The van der Waals surface area contributed by atoms with Gasteiger partial charge in [-0.05, 0) is 0 Å². The van der Waals surface area contributed by atoms with Crippen molar-refractivity contribution in [2.75, 3.05) is 13.2 Å². The average molecular weight is 222 g/mol. The molecule has 2 atom stereocenters. The van der Waals surface area contributed by atoms with E-state index in [1.54, 1.807) is 0 Å². The van der Waals surface area contributed by atoms with Gasteiger partial charge in [-0.1, -0.05) is 0 Å². The topological polar surface area (TPSA) is 52.6 Å². The fourth-order valence-corrected chi connectivity index (χ4v) is 1.33. The molecule has 1 fully saturated rings. The molecule has 6 heteroatoms. The Bertz CT molecular complexity index is 251. The molecule has 2 unspecified atom stereocenters. The van der Waals surface area contributed by atoms with Crippen LogP contribution in [0.1, 0.15) is 13.8 Å². The van der Waals surface area contributed by atoms with Crippen molar-refractivity contribution in [2.24, 2.45) is 11.8 Å². The molecule has 0 aliphatic heterocycles. The van der Waals surface area contributed by atoms with Crippen LogP contribution in [0, 0.1) is 11.8 Å². The number of esters is 2. The van der Waals surface area contributed by atoms with Gasteiger partial charge in [-0.2, -0.15) is 0 Å². The molecule has 0 amide bonds. The Kier molecular flexibility index (Phi) is 3.26. The lowest BCUT2D eigenvalue weighted by molar-refractivity contribution is -0.143. The molecule has 15 heavy (non-hydrogen) atoms. The van der Waals surface area contributed by atoms with Crippen LogP contribution in [0.25, 0.3) is 0 Å². The SMILES string of the molecule is CC(=O)OCC1C(COC(C)=O)C1(F)F. The lowest BCUT2D eigenvalue weighted by atomic mass is 10.3. The first-order valence-corrected chi connectivity index (χ1v) is 4.50. The highest BCUT2D eigenvalue weighted by molar-refractivity contribution is 5.66. The number of ether oxygens (including phenoxy) is 2. The van der Waals surface area contributed by atoms with Gasteiger partial charge in [0.1, 0.15) is 13.2 Å². The fourth-order valence-electron chi connectivity index (χ4n) is 1.33. The van der Waals surface area contributed by atoms with Gasteiger partial charge in [-0.25, -0.2) is 8.78 Å². The van der Waals surface area contributed by atoms with E-state index in [-0.39, 0.29) is 13.2 Å². The smallest absolute Gasteiger partial charge is 0.302 e. The van der Waals surface area contributed by atoms with E-state index in [1.165, 1.54) is 0 Å². The first-order valence-electron chi connectivity index (χ1n) is 4.50. The number of carbonyl (C=O) groups is 2. The van der Waals surface area contributed by atoms with Crippen LogP contribution in [-0.2, 0) is 19.1 Å². The summed E-state index contributed by atoms with van der Waals surface area (Å²) in [5, 5.41) is 0. The number of hydrogen-bond donors (Lipinski definition) is 0. The predicted molar refractivity (Wildman–Crippen MR) is 45.2 cm³/mol. The molecule has 1 saturated carbocycles. The number of halogens is 2. The van der Waals surface area contributed by atoms with Crippen LogP contribution >= 0.6 is 0 Å². The normalized spacial score (nSPS) is 26.9. The van der Waals surface area contributed by atoms with Crippen LogP contribution in [0.15, 0.2) is 0 Å². The van der Waals surface area contributed by atoms with E-state index in [9.17, 15) is 18.4 Å². The summed E-state index contributed by atoms with van der Waals surface area (Å²) in [7, 11) is 0. The van der Waals surface area contributed by atoms with Gasteiger partial charge in [-0.15, -0.1) is 0 Å². The van der Waals surface area contributed by atoms with Crippen molar-refractivity contribution in [3.8, 4) is 0 Å². The van der Waals surface area contributed by atoms with Gasteiger partial charge in [0.2, 0.25) is 0 Å². The Labute approximate surface area is 85.5 Å². The zero-order chi connectivity index (χ0) is 11.6. The van der Waals surface area contributed by atoms with Crippen molar-refractivity contribution >= 4 is 11.9 Å². The minimum absolute atomic E-state index is 0.325. The fraction of sp³-hybridized carbons (Fsp3) is 0.778. The number of carbonyl (C=O) groups excluding carboxylic acids is 2. The maximum absolute atomic E-state index is 13.0. The van der Waals surface area contributed by atoms with E-state index in [4.69, 9.17) is 0 Å². The summed E-state index contributed by atoms with van der Waals surface area (Å²) in [4.78, 5) is 20.8. The minimum Gasteiger partial charge on any atom is -0.465 e. The molecule has 0 radical (unpaired) electrons. The first-order chi connectivity index (χ1) is 6.85. The minimum atomic E-state index is -2.90. The van der Waals surface area contributed by atoms with E-state index in [0.717, 1.165) is 13.8 Å². The molecular formula is C9H12F2O4. The first kappa shape index (κ1) is 11.9. The Morgan fingerprint density at radius 2 is 1.40 bits per heavy atom. The number of hydrogen-bond acceptors (Lipinski definition) is 4. The van der Waals surface area contributed by atoms with Crippen molar-refractivity contribution in [2.45, 2.75) is 19.8 Å². The van der Waals surface area contributed by atoms with Crippen LogP contribution in [0.2, 0.25) is 0 Å². The summed E-state index contributed by atoms with van der Waals surface area (Å²) in [6, 6.07) is 0. The summed E-state index contributed by atoms with van der Waals surface area (Å²) in [6.07, 6.45) is 0. The highest BCUT2D eigenvalue weighted by atomic mass is 19.3. The molecule has 0 spiro atoms. The van der Waals surface area contributed by atoms with Crippen molar-refractivity contribution in [3.05, 3.63) is 0 Å². The summed E-state index contributed by atoms with van der Waals surface area (Å²) >= 11 is 0. The molecule has 0 saturated heterocycles. The van der Waals surface area contributed by atoms with E-state index >= 15 is 0 Å². The predicted octanol–water partition coefficient (Wildman–Crippen LogP) is 0.994. The molecule has 0 bridgehead atoms. The van der Waals surface area contributed by atoms with Gasteiger partial charge < -0.3 is 9.47 Å². The largest absolute Gasteiger partial charge is 0.465 e. The summed E-state index contributed by atoms with van der Waals surface area (Å²) < 4.78 is 34.9. The second-order valence-electron chi connectivity index (χ2n) is 3.49. The maximum Gasteiger partial charge on any atom is 0.302 e. The zero-order valence-electron chi connectivity index (χ0n) is 8.46. The molecule has 86 valence electrons. The quantitative estimate of drug-likeness (QED) is 0.666. The average Bonchev–Trinajstić information content (AvgIpc) is 2.60. The maximum atomic E-state index is 13.0. The molecule has 0 N–H and O–H groups in total. The van der Waals surface area contributed by atoms with Crippen molar-refractivity contribution < 1.29 is 27.8 Å². The molecule has 1 rings (SSSR count). The molecule has 1 aliphatic carbocycles. The van der Waals surface area contributed by atoms with E-state index in [0.29, 0.717) is 0 Å². The van der Waals surface area contributed by atoms with Crippen molar-refractivity contribution in [3.63, 3.8) is 0 Å². The third-order valence-corrected chi connectivity index (χ3v) is 2.30. The second kappa shape index (κ2) is 4.12. The molecule has 1 aliphatic rings. The molecule has 0 aromatic carbocycles. The van der Waals surface area contributed by atoms with E-state index < -0.39 is 29.7 Å². The van der Waals surface area contributed by atoms with Crippen LogP contribution in [0.4, 0.5) is 8.78 Å². The lowest BCUT2D eigenvalue weighted by Gasteiger charge is -1.99. The molecule has 0 aromatic heterocycles. The van der Waals surface area contributed by atoms with Crippen LogP contribution in [0.5, 0.6) is 0 Å². The zero-order valence-corrected chi connectivity index (χ0v) is 8.46. The van der Waals surface area contributed by atoms with E-state index in [1.807, 2.05) is 0 Å². The number of rotatable bonds is 4. The summed E-state index contributed by atoms with van der Waals surface area (Å²) in [6.45, 7) is 1.66. The highest BCUT2D eigenvalue weighted by Crippen LogP contribution is 2.55. The van der Waals surface area contributed by atoms with Crippen LogP contribution in [-0.4, -0.2) is 31.1 Å². The van der Waals surface area contributed by atoms with Crippen molar-refractivity contribution in [1.29, 1.82) is 0 Å². The van der Waals surface area contributed by atoms with Crippen molar-refractivity contribution in [1.82, 2.24) is 0 Å². The Morgan fingerprint density at radius 3 is 1.67 bits per heavy atom. The lowest BCUT2D eigenvalue weighted by Crippen LogP contribution is -2.07.